The highest BCUT2D eigenvalue weighted by molar-refractivity contribution is 5.96. The van der Waals surface area contributed by atoms with Gasteiger partial charge in [0, 0.05) is 48.0 Å². The molecule has 1 atom stereocenters. The fraction of sp³-hybridized carbons (Fsp3) is 0.292. The van der Waals surface area contributed by atoms with Gasteiger partial charge in [-0.1, -0.05) is 24.3 Å². The zero-order valence-corrected chi connectivity index (χ0v) is 17.2. The van der Waals surface area contributed by atoms with Crippen LogP contribution in [0.15, 0.2) is 60.7 Å². The van der Waals surface area contributed by atoms with Crippen LogP contribution in [0, 0.1) is 13.8 Å². The summed E-state index contributed by atoms with van der Waals surface area (Å²) in [6.45, 7) is 5.53. The minimum Gasteiger partial charge on any atom is -0.497 e. The zero-order valence-electron chi connectivity index (χ0n) is 17.2. The molecule has 1 aromatic heterocycles. The van der Waals surface area contributed by atoms with E-state index in [1.54, 1.807) is 7.11 Å². The maximum absolute atomic E-state index is 13.2. The molecule has 1 unspecified atom stereocenters. The molecule has 0 aliphatic carbocycles. The van der Waals surface area contributed by atoms with Crippen LogP contribution < -0.4 is 10.1 Å². The van der Waals surface area contributed by atoms with Gasteiger partial charge < -0.3 is 19.5 Å². The minimum absolute atomic E-state index is 0.101. The molecular formula is C24H27N3O2. The van der Waals surface area contributed by atoms with Crippen molar-refractivity contribution in [1.29, 1.82) is 0 Å². The van der Waals surface area contributed by atoms with Gasteiger partial charge in [0.2, 0.25) is 0 Å². The molecule has 0 saturated carbocycles. The fourth-order valence-corrected chi connectivity index (χ4v) is 4.13. The van der Waals surface area contributed by atoms with Gasteiger partial charge in [0.25, 0.3) is 5.91 Å². The number of carbonyl (C=O) groups is 1. The highest BCUT2D eigenvalue weighted by Gasteiger charge is 2.29. The monoisotopic (exact) mass is 389 g/mol. The first-order valence-corrected chi connectivity index (χ1v) is 10.0. The van der Waals surface area contributed by atoms with Crippen LogP contribution in [0.25, 0.3) is 5.69 Å². The Bertz CT molecular complexity index is 1010. The van der Waals surface area contributed by atoms with E-state index in [2.05, 4.69) is 22.0 Å². The van der Waals surface area contributed by atoms with E-state index in [4.69, 9.17) is 4.74 Å². The quantitative estimate of drug-likeness (QED) is 0.702. The lowest BCUT2D eigenvalue weighted by molar-refractivity contribution is 0.0791. The number of benzene rings is 2. The minimum atomic E-state index is 0.101. The van der Waals surface area contributed by atoms with Crippen molar-refractivity contribution in [3.63, 3.8) is 0 Å². The third-order valence-electron chi connectivity index (χ3n) is 5.59. The summed E-state index contributed by atoms with van der Waals surface area (Å²) < 4.78 is 7.47. The highest BCUT2D eigenvalue weighted by Crippen LogP contribution is 2.26. The van der Waals surface area contributed by atoms with Gasteiger partial charge >= 0.3 is 0 Å². The molecule has 1 aliphatic rings. The molecule has 2 heterocycles. The Kier molecular flexibility index (Phi) is 5.30. The third kappa shape index (κ3) is 3.86. The number of para-hydroxylation sites is 1. The smallest absolute Gasteiger partial charge is 0.255 e. The van der Waals surface area contributed by atoms with Crippen molar-refractivity contribution in [2.45, 2.75) is 26.3 Å². The molecule has 5 nitrogen and oxygen atoms in total. The van der Waals surface area contributed by atoms with Crippen LogP contribution in [-0.2, 0) is 0 Å². The number of anilines is 1. The van der Waals surface area contributed by atoms with E-state index in [1.807, 2.05) is 67.3 Å². The topological polar surface area (TPSA) is 46.5 Å². The van der Waals surface area contributed by atoms with Crippen molar-refractivity contribution < 1.29 is 9.53 Å². The van der Waals surface area contributed by atoms with Gasteiger partial charge in [0.15, 0.2) is 0 Å². The first-order valence-electron chi connectivity index (χ1n) is 10.0. The van der Waals surface area contributed by atoms with E-state index in [0.29, 0.717) is 0 Å². The summed E-state index contributed by atoms with van der Waals surface area (Å²) in [7, 11) is 1.66. The van der Waals surface area contributed by atoms with Crippen LogP contribution in [0.4, 0.5) is 5.69 Å². The number of hydrogen-bond donors (Lipinski definition) is 1. The summed E-state index contributed by atoms with van der Waals surface area (Å²) in [6.07, 6.45) is 0.954. The molecule has 1 fully saturated rings. The SMILES string of the molecule is COc1cccc(-n2c(C)cc(C(=O)N3CCC(Nc4ccccc4)C3)c2C)c1. The molecule has 4 rings (SSSR count). The largest absolute Gasteiger partial charge is 0.497 e. The van der Waals surface area contributed by atoms with Crippen molar-refractivity contribution >= 4 is 11.6 Å². The van der Waals surface area contributed by atoms with E-state index in [0.717, 1.165) is 53.6 Å². The number of aryl methyl sites for hydroxylation is 1. The van der Waals surface area contributed by atoms with Crippen LogP contribution in [0.5, 0.6) is 5.75 Å². The number of hydrogen-bond acceptors (Lipinski definition) is 3. The van der Waals surface area contributed by atoms with Gasteiger partial charge in [-0.25, -0.2) is 0 Å². The van der Waals surface area contributed by atoms with E-state index < -0.39 is 0 Å². The van der Waals surface area contributed by atoms with E-state index in [-0.39, 0.29) is 11.9 Å². The van der Waals surface area contributed by atoms with Gasteiger partial charge in [-0.05, 0) is 50.6 Å². The molecule has 29 heavy (non-hydrogen) atoms. The summed E-state index contributed by atoms with van der Waals surface area (Å²) in [5.74, 6) is 0.904. The van der Waals surface area contributed by atoms with Crippen LogP contribution in [0.2, 0.25) is 0 Å². The number of methoxy groups -OCH3 is 1. The van der Waals surface area contributed by atoms with Crippen molar-refractivity contribution in [2.24, 2.45) is 0 Å². The Morgan fingerprint density at radius 1 is 1.07 bits per heavy atom. The first-order chi connectivity index (χ1) is 14.1. The van der Waals surface area contributed by atoms with Crippen LogP contribution in [0.1, 0.15) is 28.2 Å². The van der Waals surface area contributed by atoms with Crippen LogP contribution in [-0.4, -0.2) is 41.6 Å². The molecule has 1 amide bonds. The normalized spacial score (nSPS) is 16.1. The van der Waals surface area contributed by atoms with E-state index in [1.165, 1.54) is 0 Å². The number of carbonyl (C=O) groups excluding carboxylic acids is 1. The maximum Gasteiger partial charge on any atom is 0.255 e. The predicted molar refractivity (Wildman–Crippen MR) is 116 cm³/mol. The van der Waals surface area contributed by atoms with Crippen LogP contribution in [0.3, 0.4) is 0 Å². The van der Waals surface area contributed by atoms with E-state index in [9.17, 15) is 4.79 Å². The lowest BCUT2D eigenvalue weighted by Gasteiger charge is -2.18. The standard InChI is InChI=1S/C24H27N3O2/c1-17-14-23(18(2)27(17)21-10-7-11-22(15-21)29-3)24(28)26-13-12-20(16-26)25-19-8-5-4-6-9-19/h4-11,14-15,20,25H,12-13,16H2,1-3H3. The molecule has 0 spiro atoms. The fourth-order valence-electron chi connectivity index (χ4n) is 4.13. The first kappa shape index (κ1) is 19.1. The number of likely N-dealkylation sites (tertiary alicyclic amines) is 1. The molecule has 1 saturated heterocycles. The Morgan fingerprint density at radius 3 is 2.62 bits per heavy atom. The lowest BCUT2D eigenvalue weighted by Crippen LogP contribution is -2.31. The Balaban J connectivity index is 1.52. The van der Waals surface area contributed by atoms with Crippen LogP contribution >= 0.6 is 0 Å². The molecule has 1 N–H and O–H groups in total. The number of nitrogens with one attached hydrogen (secondary N) is 1. The number of rotatable bonds is 5. The Hall–Kier alpha value is -3.21. The van der Waals surface area contributed by atoms with Crippen molar-refractivity contribution in [2.75, 3.05) is 25.5 Å². The second-order valence-corrected chi connectivity index (χ2v) is 7.57. The van der Waals surface area contributed by atoms with Crippen molar-refractivity contribution in [3.8, 4) is 11.4 Å². The number of aromatic nitrogens is 1. The maximum atomic E-state index is 13.2. The van der Waals surface area contributed by atoms with Gasteiger partial charge in [-0.15, -0.1) is 0 Å². The van der Waals surface area contributed by atoms with Gasteiger partial charge in [0.05, 0.1) is 12.7 Å². The Labute approximate surface area is 171 Å². The summed E-state index contributed by atoms with van der Waals surface area (Å²) in [4.78, 5) is 15.2. The second kappa shape index (κ2) is 8.03. The van der Waals surface area contributed by atoms with Gasteiger partial charge in [-0.2, -0.15) is 0 Å². The summed E-state index contributed by atoms with van der Waals surface area (Å²) in [5, 5.41) is 3.53. The van der Waals surface area contributed by atoms with Crippen molar-refractivity contribution in [1.82, 2.24) is 9.47 Å². The number of ether oxygens (including phenoxy) is 1. The third-order valence-corrected chi connectivity index (χ3v) is 5.59. The lowest BCUT2D eigenvalue weighted by atomic mass is 10.2. The molecule has 5 heteroatoms. The van der Waals surface area contributed by atoms with Gasteiger partial charge in [-0.3, -0.25) is 4.79 Å². The van der Waals surface area contributed by atoms with Gasteiger partial charge in [0.1, 0.15) is 5.75 Å². The van der Waals surface area contributed by atoms with E-state index >= 15 is 0 Å². The summed E-state index contributed by atoms with van der Waals surface area (Å²) >= 11 is 0. The summed E-state index contributed by atoms with van der Waals surface area (Å²) in [5.41, 5.74) is 4.87. The second-order valence-electron chi connectivity index (χ2n) is 7.57. The number of amides is 1. The average molecular weight is 389 g/mol. The summed E-state index contributed by atoms with van der Waals surface area (Å²) in [6, 6.07) is 20.4. The molecule has 0 radical (unpaired) electrons. The predicted octanol–water partition coefficient (Wildman–Crippen LogP) is 4.43. The number of nitrogens with zero attached hydrogens (tertiary/aromatic N) is 2. The average Bonchev–Trinajstić information content (AvgIpc) is 3.32. The molecule has 0 bridgehead atoms. The Morgan fingerprint density at radius 2 is 1.86 bits per heavy atom. The molecule has 3 aromatic rings. The highest BCUT2D eigenvalue weighted by atomic mass is 16.5. The molecular weight excluding hydrogens is 362 g/mol. The molecule has 1 aliphatic heterocycles. The molecule has 150 valence electrons. The molecule has 2 aromatic carbocycles. The zero-order chi connectivity index (χ0) is 20.4. The van der Waals surface area contributed by atoms with Crippen molar-refractivity contribution in [3.05, 3.63) is 77.6 Å².